The lowest BCUT2D eigenvalue weighted by Gasteiger charge is -2.28. The third kappa shape index (κ3) is 3.16. The molecule has 1 unspecified atom stereocenters. The van der Waals surface area contributed by atoms with Crippen LogP contribution < -0.4 is 10.2 Å². The minimum atomic E-state index is -0.0380. The van der Waals surface area contributed by atoms with Crippen molar-refractivity contribution in [2.75, 3.05) is 10.2 Å². The van der Waals surface area contributed by atoms with Crippen molar-refractivity contribution in [1.82, 2.24) is 9.97 Å². The van der Waals surface area contributed by atoms with Crippen molar-refractivity contribution in [3.8, 4) is 0 Å². The minimum absolute atomic E-state index is 0.0380. The molecule has 1 aliphatic heterocycles. The summed E-state index contributed by atoms with van der Waals surface area (Å²) in [5, 5.41) is 6.52. The first kappa shape index (κ1) is 15.5. The third-order valence-electron chi connectivity index (χ3n) is 3.21. The van der Waals surface area contributed by atoms with Gasteiger partial charge in [0.25, 0.3) is 0 Å². The van der Waals surface area contributed by atoms with E-state index in [1.165, 1.54) is 0 Å². The number of para-hydroxylation sites is 1. The van der Waals surface area contributed by atoms with E-state index < -0.39 is 0 Å². The number of aryl methyl sites for hydroxylation is 2. The highest BCUT2D eigenvalue weighted by atomic mass is 35.5. The van der Waals surface area contributed by atoms with Crippen LogP contribution in [0.2, 0.25) is 10.2 Å². The van der Waals surface area contributed by atoms with Crippen LogP contribution >= 0.6 is 35.0 Å². The van der Waals surface area contributed by atoms with Gasteiger partial charge in [-0.1, -0.05) is 47.1 Å². The largest absolute Gasteiger partial charge is 0.341 e. The number of hydrogen-bond donors (Lipinski definition) is 1. The highest BCUT2D eigenvalue weighted by molar-refractivity contribution is 8.03. The summed E-state index contributed by atoms with van der Waals surface area (Å²) in [7, 11) is 0. The molecule has 3 rings (SSSR count). The first-order valence-corrected chi connectivity index (χ1v) is 8.38. The molecule has 0 bridgehead atoms. The fourth-order valence-corrected chi connectivity index (χ4v) is 3.69. The zero-order chi connectivity index (χ0) is 15.7. The van der Waals surface area contributed by atoms with Crippen molar-refractivity contribution in [2.45, 2.75) is 19.3 Å². The first-order valence-electron chi connectivity index (χ1n) is 6.68. The van der Waals surface area contributed by atoms with E-state index in [0.717, 1.165) is 16.3 Å². The molecule has 0 spiro atoms. The molecule has 0 saturated heterocycles. The molecule has 1 aliphatic rings. The molecular formula is C15H14Cl2N4S. The summed E-state index contributed by atoms with van der Waals surface area (Å²) in [6.07, 6.45) is 2.01. The van der Waals surface area contributed by atoms with Crippen LogP contribution in [-0.4, -0.2) is 15.5 Å². The van der Waals surface area contributed by atoms with Crippen LogP contribution in [-0.2, 0) is 0 Å². The molecule has 7 heteroatoms. The first-order chi connectivity index (χ1) is 10.5. The van der Waals surface area contributed by atoms with Gasteiger partial charge in [-0.05, 0) is 30.9 Å². The van der Waals surface area contributed by atoms with Gasteiger partial charge in [0, 0.05) is 12.3 Å². The number of rotatable bonds is 3. The molecule has 4 nitrogen and oxygen atoms in total. The van der Waals surface area contributed by atoms with E-state index in [9.17, 15) is 0 Å². The maximum absolute atomic E-state index is 6.37. The van der Waals surface area contributed by atoms with Crippen LogP contribution in [0.4, 0.5) is 11.5 Å². The Morgan fingerprint density at radius 3 is 2.77 bits per heavy atom. The minimum Gasteiger partial charge on any atom is -0.341 e. The normalized spacial score (nSPS) is 17.1. The van der Waals surface area contributed by atoms with Gasteiger partial charge in [0.15, 0.2) is 5.50 Å². The van der Waals surface area contributed by atoms with E-state index in [4.69, 9.17) is 23.2 Å². The van der Waals surface area contributed by atoms with Gasteiger partial charge in [-0.25, -0.2) is 9.97 Å². The second-order valence-corrected chi connectivity index (χ2v) is 6.64. The average molecular weight is 353 g/mol. The molecule has 0 radical (unpaired) electrons. The number of thioether (sulfide) groups is 1. The number of halogens is 2. The predicted molar refractivity (Wildman–Crippen MR) is 94.6 cm³/mol. The molecule has 1 atom stereocenters. The van der Waals surface area contributed by atoms with E-state index >= 15 is 0 Å². The van der Waals surface area contributed by atoms with Crippen LogP contribution in [0.5, 0.6) is 0 Å². The third-order valence-corrected chi connectivity index (χ3v) is 4.59. The van der Waals surface area contributed by atoms with Crippen LogP contribution in [0.25, 0.3) is 0 Å². The zero-order valence-electron chi connectivity index (χ0n) is 12.0. The quantitative estimate of drug-likeness (QED) is 0.801. The molecule has 2 aromatic rings. The number of anilines is 2. The number of nitrogens with zero attached hydrogens (tertiary/aromatic N) is 3. The lowest BCUT2D eigenvalue weighted by atomic mass is 10.2. The van der Waals surface area contributed by atoms with E-state index in [0.29, 0.717) is 16.8 Å². The van der Waals surface area contributed by atoms with Gasteiger partial charge in [0.1, 0.15) is 16.8 Å². The van der Waals surface area contributed by atoms with Crippen molar-refractivity contribution in [3.05, 3.63) is 57.4 Å². The molecule has 1 aromatic heterocycles. The van der Waals surface area contributed by atoms with Gasteiger partial charge in [0.2, 0.25) is 0 Å². The van der Waals surface area contributed by atoms with Crippen LogP contribution in [0.1, 0.15) is 11.4 Å². The maximum atomic E-state index is 6.37. The molecule has 0 saturated carbocycles. The Balaban J connectivity index is 1.88. The molecule has 22 heavy (non-hydrogen) atoms. The smallest absolute Gasteiger partial charge is 0.157 e. The second-order valence-electron chi connectivity index (χ2n) is 4.85. The van der Waals surface area contributed by atoms with Crippen molar-refractivity contribution >= 4 is 46.5 Å². The monoisotopic (exact) mass is 352 g/mol. The molecule has 1 aromatic carbocycles. The van der Waals surface area contributed by atoms with Gasteiger partial charge in [-0.15, -0.1) is 0 Å². The van der Waals surface area contributed by atoms with Crippen molar-refractivity contribution in [2.24, 2.45) is 0 Å². The molecular weight excluding hydrogens is 339 g/mol. The summed E-state index contributed by atoms with van der Waals surface area (Å²) >= 11 is 14.0. The van der Waals surface area contributed by atoms with E-state index in [1.807, 2.05) is 43.7 Å². The second kappa shape index (κ2) is 6.36. The highest BCUT2D eigenvalue weighted by Gasteiger charge is 2.24. The van der Waals surface area contributed by atoms with Gasteiger partial charge in [-0.3, -0.25) is 0 Å². The Hall–Kier alpha value is -1.43. The summed E-state index contributed by atoms with van der Waals surface area (Å²) in [6.45, 7) is 3.86. The molecule has 1 N–H and O–H groups in total. The summed E-state index contributed by atoms with van der Waals surface area (Å²) in [5.41, 5.74) is 2.06. The Morgan fingerprint density at radius 2 is 2.05 bits per heavy atom. The number of aromatic nitrogens is 2. The van der Waals surface area contributed by atoms with Gasteiger partial charge < -0.3 is 10.2 Å². The molecule has 0 fully saturated rings. The van der Waals surface area contributed by atoms with Crippen LogP contribution in [0, 0.1) is 13.8 Å². The maximum Gasteiger partial charge on any atom is 0.157 e. The average Bonchev–Trinajstić information content (AvgIpc) is 2.85. The summed E-state index contributed by atoms with van der Waals surface area (Å²) in [4.78, 5) is 10.5. The number of benzene rings is 1. The number of nitrogens with one attached hydrogen (secondary N) is 1. The Kier molecular flexibility index (Phi) is 4.47. The molecule has 2 heterocycles. The van der Waals surface area contributed by atoms with E-state index in [-0.39, 0.29) is 5.50 Å². The molecule has 0 aliphatic carbocycles. The van der Waals surface area contributed by atoms with Crippen molar-refractivity contribution in [3.63, 3.8) is 0 Å². The SMILES string of the molecule is Cc1nc(Cl)cc(NC2SC=CN2c2c(C)cccc2Cl)n1. The molecule has 114 valence electrons. The summed E-state index contributed by atoms with van der Waals surface area (Å²) < 4.78 is 0. The molecule has 0 amide bonds. The van der Waals surface area contributed by atoms with Gasteiger partial charge in [0.05, 0.1) is 10.7 Å². The van der Waals surface area contributed by atoms with E-state index in [1.54, 1.807) is 17.8 Å². The lowest BCUT2D eigenvalue weighted by Crippen LogP contribution is -2.32. The highest BCUT2D eigenvalue weighted by Crippen LogP contribution is 2.37. The summed E-state index contributed by atoms with van der Waals surface area (Å²) in [6, 6.07) is 7.60. The zero-order valence-corrected chi connectivity index (χ0v) is 14.4. The van der Waals surface area contributed by atoms with E-state index in [2.05, 4.69) is 20.2 Å². The Labute approximate surface area is 143 Å². The fourth-order valence-electron chi connectivity index (χ4n) is 2.30. The van der Waals surface area contributed by atoms with Gasteiger partial charge >= 0.3 is 0 Å². The standard InChI is InChI=1S/C15H14Cl2N4S/c1-9-4-3-5-11(16)14(9)21-6-7-22-15(21)20-13-8-12(17)18-10(2)19-13/h3-8,15H,1-2H3,(H,18,19,20). The van der Waals surface area contributed by atoms with Crippen LogP contribution in [0.15, 0.2) is 35.9 Å². The predicted octanol–water partition coefficient (Wildman–Crippen LogP) is 4.82. The Morgan fingerprint density at radius 1 is 1.23 bits per heavy atom. The lowest BCUT2D eigenvalue weighted by molar-refractivity contribution is 0.948. The number of hydrogen-bond acceptors (Lipinski definition) is 5. The summed E-state index contributed by atoms with van der Waals surface area (Å²) in [5.74, 6) is 1.32. The van der Waals surface area contributed by atoms with Crippen molar-refractivity contribution < 1.29 is 0 Å². The van der Waals surface area contributed by atoms with Crippen molar-refractivity contribution in [1.29, 1.82) is 0 Å². The fraction of sp³-hybridized carbons (Fsp3) is 0.200. The van der Waals surface area contributed by atoms with Gasteiger partial charge in [-0.2, -0.15) is 0 Å². The van der Waals surface area contributed by atoms with Crippen LogP contribution in [0.3, 0.4) is 0 Å². The Bertz CT molecular complexity index is 695. The topological polar surface area (TPSA) is 41.1 Å².